The van der Waals surface area contributed by atoms with Crippen molar-refractivity contribution < 1.29 is 19.4 Å². The number of amides is 2. The molecule has 9 heteroatoms. The molecule has 27 heavy (non-hydrogen) atoms. The lowest BCUT2D eigenvalue weighted by Gasteiger charge is -2.14. The maximum Gasteiger partial charge on any atom is 0.282 e. The van der Waals surface area contributed by atoms with Crippen molar-refractivity contribution in [2.45, 2.75) is 6.92 Å². The number of carbonyl (C=O) groups excluding carboxylic acids is 2. The van der Waals surface area contributed by atoms with Crippen molar-refractivity contribution in [2.24, 2.45) is 0 Å². The molecule has 0 aromatic heterocycles. The third-order valence-electron chi connectivity index (χ3n) is 3.75. The maximum absolute atomic E-state index is 12.7. The van der Waals surface area contributed by atoms with Gasteiger partial charge >= 0.3 is 0 Å². The van der Waals surface area contributed by atoms with Gasteiger partial charge in [0.25, 0.3) is 11.8 Å². The number of rotatable bonds is 4. The Morgan fingerprint density at radius 1 is 1.22 bits per heavy atom. The van der Waals surface area contributed by atoms with E-state index in [1.807, 2.05) is 0 Å². The van der Waals surface area contributed by atoms with Crippen molar-refractivity contribution in [1.29, 1.82) is 0 Å². The summed E-state index contributed by atoms with van der Waals surface area (Å²) < 4.78 is 6.24. The lowest BCUT2D eigenvalue weighted by Crippen LogP contribution is -2.35. The Kier molecular flexibility index (Phi) is 5.78. The van der Waals surface area contributed by atoms with E-state index in [9.17, 15) is 14.7 Å². The first-order valence-electron chi connectivity index (χ1n) is 7.80. The van der Waals surface area contributed by atoms with Crippen LogP contribution in [0, 0.1) is 0 Å². The largest absolute Gasteiger partial charge is 0.503 e. The van der Waals surface area contributed by atoms with Crippen molar-refractivity contribution >= 4 is 67.0 Å². The van der Waals surface area contributed by atoms with Crippen LogP contribution in [0.5, 0.6) is 11.5 Å². The van der Waals surface area contributed by atoms with Crippen molar-refractivity contribution in [3.63, 3.8) is 0 Å². The zero-order valence-electron chi connectivity index (χ0n) is 13.9. The van der Waals surface area contributed by atoms with Crippen molar-refractivity contribution in [3.05, 3.63) is 55.4 Å². The Morgan fingerprint density at radius 2 is 1.89 bits per heavy atom. The number of phenolic OH excluding ortho intramolecular Hbond substituents is 1. The number of hydrogen-bond donors (Lipinski definition) is 2. The van der Waals surface area contributed by atoms with Gasteiger partial charge in [-0.05, 0) is 80.8 Å². The minimum Gasteiger partial charge on any atom is -0.503 e. The molecule has 0 spiro atoms. The van der Waals surface area contributed by atoms with E-state index < -0.39 is 11.8 Å². The van der Waals surface area contributed by atoms with Crippen LogP contribution in [0.4, 0.5) is 5.69 Å². The number of aromatic hydroxyl groups is 1. The second kappa shape index (κ2) is 7.92. The number of ether oxygens (including phenoxy) is 1. The van der Waals surface area contributed by atoms with E-state index in [4.69, 9.17) is 16.3 Å². The number of hydrogen-bond acceptors (Lipinski definition) is 4. The molecule has 1 aliphatic heterocycles. The van der Waals surface area contributed by atoms with E-state index in [2.05, 4.69) is 37.3 Å². The van der Waals surface area contributed by atoms with Crippen LogP contribution in [-0.4, -0.2) is 23.5 Å². The van der Waals surface area contributed by atoms with Gasteiger partial charge in [0.05, 0.1) is 16.8 Å². The summed E-state index contributed by atoms with van der Waals surface area (Å²) in [6.45, 7) is 2.13. The topological polar surface area (TPSA) is 78.9 Å². The highest BCUT2D eigenvalue weighted by atomic mass is 79.9. The van der Waals surface area contributed by atoms with Crippen molar-refractivity contribution in [3.8, 4) is 11.5 Å². The first-order chi connectivity index (χ1) is 12.8. The van der Waals surface area contributed by atoms with Gasteiger partial charge in [0, 0.05) is 9.50 Å². The van der Waals surface area contributed by atoms with Crippen LogP contribution in [0.3, 0.4) is 0 Å². The van der Waals surface area contributed by atoms with E-state index in [0.29, 0.717) is 31.8 Å². The molecule has 0 bridgehead atoms. The normalized spacial score (nSPS) is 15.4. The number of phenols is 1. The molecule has 0 saturated carbocycles. The summed E-state index contributed by atoms with van der Waals surface area (Å²) >= 11 is 12.5. The van der Waals surface area contributed by atoms with E-state index in [0.717, 1.165) is 5.01 Å². The van der Waals surface area contributed by atoms with Crippen LogP contribution in [0.1, 0.15) is 12.5 Å². The maximum atomic E-state index is 12.7. The fourth-order valence-electron chi connectivity index (χ4n) is 2.47. The number of nitrogens with one attached hydrogen (secondary N) is 1. The number of hydrazine groups is 1. The van der Waals surface area contributed by atoms with Crippen LogP contribution in [0.2, 0.25) is 5.02 Å². The molecule has 0 atom stereocenters. The molecule has 140 valence electrons. The molecule has 1 aliphatic rings. The average molecular weight is 517 g/mol. The fraction of sp³-hybridized carbons (Fsp3) is 0.111. The van der Waals surface area contributed by atoms with Gasteiger partial charge < -0.3 is 9.84 Å². The van der Waals surface area contributed by atoms with Crippen molar-refractivity contribution in [1.82, 2.24) is 5.43 Å². The Hall–Kier alpha value is -2.03. The van der Waals surface area contributed by atoms with Gasteiger partial charge in [-0.15, -0.1) is 0 Å². The smallest absolute Gasteiger partial charge is 0.282 e. The van der Waals surface area contributed by atoms with Crippen LogP contribution < -0.4 is 15.2 Å². The first-order valence-corrected chi connectivity index (χ1v) is 9.76. The zero-order valence-corrected chi connectivity index (χ0v) is 17.9. The predicted molar refractivity (Wildman–Crippen MR) is 110 cm³/mol. The molecule has 1 heterocycles. The standard InChI is InChI=1S/C18H13Br2ClN2O4/c1-2-27-13-8-9(14(19)15(20)16(13)24)7-12-17(25)22-23(18(12)26)11-5-3-10(21)4-6-11/h3-8,24H,2H2,1H3,(H,22,25)/b12-7-. The summed E-state index contributed by atoms with van der Waals surface area (Å²) in [6.07, 6.45) is 1.43. The summed E-state index contributed by atoms with van der Waals surface area (Å²) in [4.78, 5) is 25.1. The molecular weight excluding hydrogens is 503 g/mol. The summed E-state index contributed by atoms with van der Waals surface area (Å²) in [7, 11) is 0. The van der Waals surface area contributed by atoms with Gasteiger partial charge in [0.15, 0.2) is 11.5 Å². The lowest BCUT2D eigenvalue weighted by atomic mass is 10.1. The number of carbonyl (C=O) groups is 2. The van der Waals surface area contributed by atoms with E-state index in [-0.39, 0.29) is 17.1 Å². The van der Waals surface area contributed by atoms with Crippen LogP contribution in [0.25, 0.3) is 6.08 Å². The number of nitrogens with zero attached hydrogens (tertiary/aromatic N) is 1. The minimum atomic E-state index is -0.538. The summed E-state index contributed by atoms with van der Waals surface area (Å²) in [6, 6.07) is 8.06. The van der Waals surface area contributed by atoms with Gasteiger partial charge in [-0.2, -0.15) is 0 Å². The summed E-state index contributed by atoms with van der Waals surface area (Å²) in [5.41, 5.74) is 3.46. The Balaban J connectivity index is 2.01. The molecule has 1 fully saturated rings. The van der Waals surface area contributed by atoms with Crippen LogP contribution >= 0.6 is 43.5 Å². The monoisotopic (exact) mass is 514 g/mol. The molecule has 2 amide bonds. The SMILES string of the molecule is CCOc1cc(/C=C2/C(=O)NN(c3ccc(Cl)cc3)C2=O)c(Br)c(Br)c1O. The molecule has 2 aromatic rings. The molecule has 2 N–H and O–H groups in total. The number of halogens is 3. The molecule has 0 aliphatic carbocycles. The molecule has 0 unspecified atom stereocenters. The average Bonchev–Trinajstić information content (AvgIpc) is 2.92. The molecular formula is C18H13Br2ClN2O4. The third-order valence-corrected chi connectivity index (χ3v) is 6.16. The lowest BCUT2D eigenvalue weighted by molar-refractivity contribution is -0.117. The van der Waals surface area contributed by atoms with Gasteiger partial charge in [-0.25, -0.2) is 5.01 Å². The summed E-state index contributed by atoms with van der Waals surface area (Å²) in [5, 5.41) is 11.8. The Morgan fingerprint density at radius 3 is 2.52 bits per heavy atom. The second-order valence-corrected chi connectivity index (χ2v) is 7.51. The van der Waals surface area contributed by atoms with Crippen molar-refractivity contribution in [2.75, 3.05) is 11.6 Å². The Bertz CT molecular complexity index is 961. The van der Waals surface area contributed by atoms with Gasteiger partial charge in [0.2, 0.25) is 0 Å². The number of anilines is 1. The Labute approximate surface area is 177 Å². The highest BCUT2D eigenvalue weighted by molar-refractivity contribution is 9.13. The molecule has 3 rings (SSSR count). The van der Waals surface area contributed by atoms with Crippen LogP contribution in [-0.2, 0) is 9.59 Å². The van der Waals surface area contributed by atoms with E-state index >= 15 is 0 Å². The quantitative estimate of drug-likeness (QED) is 0.466. The number of benzene rings is 2. The zero-order chi connectivity index (χ0) is 19.7. The fourth-order valence-corrected chi connectivity index (χ4v) is 3.43. The molecule has 1 saturated heterocycles. The van der Waals surface area contributed by atoms with Gasteiger partial charge in [-0.1, -0.05) is 11.6 Å². The molecule has 2 aromatic carbocycles. The minimum absolute atomic E-state index is 0.0503. The highest BCUT2D eigenvalue weighted by Crippen LogP contribution is 2.42. The second-order valence-electron chi connectivity index (χ2n) is 5.49. The van der Waals surface area contributed by atoms with E-state index in [1.165, 1.54) is 6.08 Å². The third kappa shape index (κ3) is 3.83. The highest BCUT2D eigenvalue weighted by Gasteiger charge is 2.34. The molecule has 0 radical (unpaired) electrons. The summed E-state index contributed by atoms with van der Waals surface area (Å²) in [5.74, 6) is -0.879. The van der Waals surface area contributed by atoms with Crippen LogP contribution in [0.15, 0.2) is 44.9 Å². The van der Waals surface area contributed by atoms with Gasteiger partial charge in [-0.3, -0.25) is 15.0 Å². The van der Waals surface area contributed by atoms with Gasteiger partial charge in [0.1, 0.15) is 5.57 Å². The predicted octanol–water partition coefficient (Wildman–Crippen LogP) is 4.43. The van der Waals surface area contributed by atoms with E-state index in [1.54, 1.807) is 37.3 Å². The first kappa shape index (κ1) is 19.7. The molecule has 6 nitrogen and oxygen atoms in total.